The summed E-state index contributed by atoms with van der Waals surface area (Å²) in [6, 6.07) is 12.6. The first-order chi connectivity index (χ1) is 52.1. The smallest absolute Gasteiger partial charge is 0.253 e. The fourth-order valence-electron chi connectivity index (χ4n) is 13.7. The molecule has 109 heavy (non-hydrogen) atoms. The standard InChI is InChI=1S/C78H122N12O19/c1-13-54(6)72(61(104-11)47-68(97)89-33-23-28-60(89)74(105-12)55(7)75(100)82-56(8)73(99)58-26-19-15-20-27-58)86(10)78(103)70(52(2)3)84-77(102)71(53(4)5)85(9)69(98)50-81-76(101)59(46-57-24-17-14-18-25-57)83-63(92)49-79-62(91)48-80-64(93)51-87-34-38-106-42-44-108-40-36-88(37-41-109-45-43-107-39-35-87)65(94)29-21-16-22-32-90-66(95)30-31-67(90)96/h14-15,17-20,24-27,30-31,52-56,59-61,70-74,99H,13,16,21-23,28-29,32-51H2,1-12H3,(H,79,91)(H,80,93)(H,81,101)(H,82,100)(H,83,92)(H,84,102)/t54-,55+,56+,59-,60+,61+,70-,71-,72-,73+,74+/m0/s1. The van der Waals surface area contributed by atoms with Gasteiger partial charge in [-0.05, 0) is 61.5 Å². The van der Waals surface area contributed by atoms with Gasteiger partial charge in [-0.2, -0.15) is 0 Å². The molecule has 5 rings (SSSR count). The lowest BCUT2D eigenvalue weighted by Gasteiger charge is -2.41. The average molecular weight is 1530 g/mol. The molecule has 3 aliphatic heterocycles. The molecule has 3 aliphatic rings. The third kappa shape index (κ3) is 30.1. The second-order valence-electron chi connectivity index (χ2n) is 28.8. The summed E-state index contributed by atoms with van der Waals surface area (Å²) in [5.74, 6) is -7.52. The monoisotopic (exact) mass is 1530 g/mol. The number of nitrogens with one attached hydrogen (secondary N) is 6. The van der Waals surface area contributed by atoms with E-state index >= 15 is 0 Å². The number of aliphatic hydroxyl groups is 1. The van der Waals surface area contributed by atoms with Gasteiger partial charge in [-0.1, -0.05) is 122 Å². The zero-order chi connectivity index (χ0) is 80.1. The van der Waals surface area contributed by atoms with E-state index in [1.54, 1.807) is 106 Å². The van der Waals surface area contributed by atoms with Crippen molar-refractivity contribution in [2.45, 2.75) is 168 Å². The Morgan fingerprint density at radius 3 is 1.75 bits per heavy atom. The number of benzene rings is 2. The van der Waals surface area contributed by atoms with E-state index in [0.29, 0.717) is 95.3 Å². The molecule has 0 radical (unpaired) electrons. The summed E-state index contributed by atoms with van der Waals surface area (Å²) in [5.41, 5.74) is 1.33. The summed E-state index contributed by atoms with van der Waals surface area (Å²) in [4.78, 5) is 171. The van der Waals surface area contributed by atoms with Gasteiger partial charge in [0.2, 0.25) is 59.1 Å². The first-order valence-corrected chi connectivity index (χ1v) is 38.3. The van der Waals surface area contributed by atoms with Crippen LogP contribution in [0, 0.1) is 23.7 Å². The average Bonchev–Trinajstić information content (AvgIpc) is 1.76. The van der Waals surface area contributed by atoms with Crippen molar-refractivity contribution in [1.29, 1.82) is 0 Å². The number of likely N-dealkylation sites (N-methyl/N-ethyl adjacent to an activating group) is 2. The van der Waals surface area contributed by atoms with Crippen molar-refractivity contribution in [1.82, 2.24) is 61.3 Å². The number of carbonyl (C=O) groups is 12. The molecule has 0 bridgehead atoms. The van der Waals surface area contributed by atoms with Crippen LogP contribution < -0.4 is 31.9 Å². The fraction of sp³-hybridized carbons (Fsp3) is 0.667. The van der Waals surface area contributed by atoms with Crippen LogP contribution in [0.15, 0.2) is 72.8 Å². The van der Waals surface area contributed by atoms with Crippen LogP contribution in [0.2, 0.25) is 0 Å². The molecule has 11 atom stereocenters. The van der Waals surface area contributed by atoms with Crippen molar-refractivity contribution >= 4 is 70.9 Å². The van der Waals surface area contributed by atoms with Crippen LogP contribution >= 0.6 is 0 Å². The van der Waals surface area contributed by atoms with Crippen molar-refractivity contribution < 1.29 is 91.1 Å². The molecule has 0 aromatic heterocycles. The van der Waals surface area contributed by atoms with Crippen LogP contribution in [0.1, 0.15) is 124 Å². The van der Waals surface area contributed by atoms with Crippen LogP contribution in [-0.4, -0.2) is 300 Å². The minimum absolute atomic E-state index is 0.00456. The van der Waals surface area contributed by atoms with Crippen molar-refractivity contribution in [3.05, 3.63) is 83.9 Å². The van der Waals surface area contributed by atoms with Crippen molar-refractivity contribution in [2.24, 2.45) is 23.7 Å². The number of carbonyl (C=O) groups excluding carboxylic acids is 12. The van der Waals surface area contributed by atoms with E-state index in [1.165, 1.54) is 48.1 Å². The molecule has 7 N–H and O–H groups in total. The molecule has 2 saturated heterocycles. The van der Waals surface area contributed by atoms with Gasteiger partial charge in [-0.3, -0.25) is 67.3 Å². The third-order valence-corrected chi connectivity index (χ3v) is 20.2. The van der Waals surface area contributed by atoms with Crippen LogP contribution in [0.3, 0.4) is 0 Å². The molecule has 12 amide bonds. The molecule has 2 aromatic carbocycles. The van der Waals surface area contributed by atoms with Gasteiger partial charge < -0.3 is 85.0 Å². The predicted octanol–water partition coefficient (Wildman–Crippen LogP) is 1.54. The highest BCUT2D eigenvalue weighted by molar-refractivity contribution is 6.12. The third-order valence-electron chi connectivity index (χ3n) is 20.2. The number of aliphatic hydroxyl groups excluding tert-OH is 1. The van der Waals surface area contributed by atoms with E-state index in [9.17, 15) is 62.6 Å². The van der Waals surface area contributed by atoms with Crippen LogP contribution in [0.5, 0.6) is 0 Å². The maximum Gasteiger partial charge on any atom is 0.253 e. The molecular formula is C78H122N12O19. The molecule has 0 spiro atoms. The molecule has 31 heteroatoms. The van der Waals surface area contributed by atoms with Crippen molar-refractivity contribution in [3.63, 3.8) is 0 Å². The summed E-state index contributed by atoms with van der Waals surface area (Å²) >= 11 is 0. The van der Waals surface area contributed by atoms with Crippen LogP contribution in [0.25, 0.3) is 0 Å². The van der Waals surface area contributed by atoms with Crippen molar-refractivity contribution in [2.75, 3.05) is 147 Å². The number of hydrogen-bond acceptors (Lipinski definition) is 20. The normalized spacial score (nSPS) is 18.7. The van der Waals surface area contributed by atoms with Crippen LogP contribution in [0.4, 0.5) is 0 Å². The van der Waals surface area contributed by atoms with Gasteiger partial charge in [0.15, 0.2) is 0 Å². The van der Waals surface area contributed by atoms with Gasteiger partial charge in [-0.25, -0.2) is 0 Å². The molecule has 2 fully saturated rings. The van der Waals surface area contributed by atoms with E-state index in [4.69, 9.17) is 28.4 Å². The van der Waals surface area contributed by atoms with E-state index in [0.717, 1.165) is 0 Å². The summed E-state index contributed by atoms with van der Waals surface area (Å²) in [6.07, 6.45) is 3.98. The minimum Gasteiger partial charge on any atom is -0.386 e. The fourth-order valence-corrected chi connectivity index (χ4v) is 13.7. The zero-order valence-corrected chi connectivity index (χ0v) is 66.0. The molecule has 0 unspecified atom stereocenters. The summed E-state index contributed by atoms with van der Waals surface area (Å²) in [6.45, 7) is 16.9. The SMILES string of the molecule is CC[C@H](C)[C@@H]([C@@H](CC(=O)N1CCC[C@@H]1[C@H](OC)[C@@H](C)C(=O)N[C@H](C)[C@@H](O)c1ccccc1)OC)N(C)C(=O)[C@@H](NC(=O)[C@H](C(C)C)N(C)C(=O)CNC(=O)[C@H](Cc1ccccc1)NC(=O)CNC(=O)CNC(=O)CN1CCOCCOCCN(C(=O)CCCCCN2C(=O)C=CC2=O)CCOCCOCC1)C(C)C. The lowest BCUT2D eigenvalue weighted by molar-refractivity contribution is -0.148. The number of hydrogen-bond donors (Lipinski definition) is 7. The highest BCUT2D eigenvalue weighted by Gasteiger charge is 2.44. The van der Waals surface area contributed by atoms with E-state index < -0.39 is 133 Å². The molecule has 608 valence electrons. The first kappa shape index (κ1) is 91.3. The number of imide groups is 1. The predicted molar refractivity (Wildman–Crippen MR) is 405 cm³/mol. The quantitative estimate of drug-likeness (QED) is 0.0370. The number of likely N-dealkylation sites (tertiary alicyclic amines) is 1. The Balaban J connectivity index is 1.10. The van der Waals surface area contributed by atoms with E-state index in [-0.39, 0.29) is 108 Å². The number of nitrogens with zero attached hydrogens (tertiary/aromatic N) is 6. The summed E-state index contributed by atoms with van der Waals surface area (Å²) in [7, 11) is 6.04. The second kappa shape index (κ2) is 48.4. The Kier molecular flexibility index (Phi) is 40.5. The molecule has 31 nitrogen and oxygen atoms in total. The van der Waals surface area contributed by atoms with E-state index in [1.807, 2.05) is 32.0 Å². The lowest BCUT2D eigenvalue weighted by atomic mass is 9.89. The number of amides is 12. The summed E-state index contributed by atoms with van der Waals surface area (Å²) in [5, 5.41) is 27.2. The number of methoxy groups -OCH3 is 2. The highest BCUT2D eigenvalue weighted by Crippen LogP contribution is 2.31. The van der Waals surface area contributed by atoms with Gasteiger partial charge in [0.05, 0.1) is 128 Å². The molecular weight excluding hydrogens is 1410 g/mol. The van der Waals surface area contributed by atoms with Crippen molar-refractivity contribution in [3.8, 4) is 0 Å². The lowest BCUT2D eigenvalue weighted by Crippen LogP contribution is -2.61. The Labute approximate surface area is 642 Å². The highest BCUT2D eigenvalue weighted by atomic mass is 16.5. The Hall–Kier alpha value is -8.30. The Bertz CT molecular complexity index is 3220. The number of ether oxygens (including phenoxy) is 6. The van der Waals surface area contributed by atoms with Gasteiger partial charge in [0.1, 0.15) is 18.1 Å². The maximum absolute atomic E-state index is 14.9. The molecule has 0 saturated carbocycles. The second-order valence-corrected chi connectivity index (χ2v) is 28.8. The van der Waals surface area contributed by atoms with Gasteiger partial charge >= 0.3 is 0 Å². The zero-order valence-electron chi connectivity index (χ0n) is 66.0. The topological polar surface area (TPSA) is 372 Å². The Morgan fingerprint density at radius 2 is 1.18 bits per heavy atom. The molecule has 2 aromatic rings. The molecule has 0 aliphatic carbocycles. The minimum atomic E-state index is -1.24. The van der Waals surface area contributed by atoms with E-state index in [2.05, 4.69) is 31.9 Å². The number of unbranched alkanes of at least 4 members (excludes halogenated alkanes) is 2. The Morgan fingerprint density at radius 1 is 0.606 bits per heavy atom. The number of rotatable bonds is 38. The van der Waals surface area contributed by atoms with Gasteiger partial charge in [0, 0.05) is 92.6 Å². The molecule has 3 heterocycles. The maximum atomic E-state index is 14.9. The van der Waals surface area contributed by atoms with Gasteiger partial charge in [-0.15, -0.1) is 0 Å². The largest absolute Gasteiger partial charge is 0.386 e. The first-order valence-electron chi connectivity index (χ1n) is 38.3. The summed E-state index contributed by atoms with van der Waals surface area (Å²) < 4.78 is 35.2. The van der Waals surface area contributed by atoms with Crippen LogP contribution in [-0.2, 0) is 92.4 Å². The van der Waals surface area contributed by atoms with Gasteiger partial charge in [0.25, 0.3) is 11.8 Å².